The van der Waals surface area contributed by atoms with Crippen LogP contribution in [0.1, 0.15) is 5.56 Å². The van der Waals surface area contributed by atoms with Crippen LogP contribution in [0.25, 0.3) is 20.7 Å². The topological polar surface area (TPSA) is 17.8 Å². The molecule has 0 atom stereocenters. The molecule has 0 aliphatic carbocycles. The summed E-state index contributed by atoms with van der Waals surface area (Å²) >= 11 is 1.65. The van der Waals surface area contributed by atoms with Crippen LogP contribution < -0.4 is 0 Å². The monoisotopic (exact) mass is 430 g/mol. The van der Waals surface area contributed by atoms with E-state index >= 15 is 0 Å². The first-order valence-electron chi connectivity index (χ1n) is 5.23. The Bertz CT molecular complexity index is 669. The molecule has 0 saturated carbocycles. The molecule has 0 amide bonds. The quantitative estimate of drug-likeness (QED) is 0.572. The van der Waals surface area contributed by atoms with Crippen LogP contribution in [0.2, 0.25) is 0 Å². The molecule has 0 aliphatic rings. The molecule has 3 aromatic rings. The Morgan fingerprint density at radius 3 is 2.83 bits per heavy atom. The first-order chi connectivity index (χ1) is 8.28. The van der Waals surface area contributed by atoms with E-state index in [0.717, 1.165) is 21.5 Å². The molecule has 0 unspecified atom stereocenters. The molecular weight excluding hydrogens is 420 g/mol. The van der Waals surface area contributed by atoms with E-state index in [2.05, 4.69) is 17.2 Å². The molecule has 3 rings (SSSR count). The zero-order chi connectivity index (χ0) is 11.8. The maximum absolute atomic E-state index is 5.71. The van der Waals surface area contributed by atoms with Gasteiger partial charge < -0.3 is 0 Å². The van der Waals surface area contributed by atoms with E-state index in [1.54, 1.807) is 17.5 Å². The van der Waals surface area contributed by atoms with Crippen LogP contribution in [-0.4, -0.2) is 9.78 Å². The Balaban J connectivity index is 0.00000120. The third-order valence-corrected chi connectivity index (χ3v) is 3.70. The van der Waals surface area contributed by atoms with Crippen molar-refractivity contribution in [1.29, 1.82) is 0 Å². The summed E-state index contributed by atoms with van der Waals surface area (Å²) in [5.41, 5.74) is 1.95. The molecule has 4 heteroatoms. The minimum Gasteiger partial charge on any atom is -0.274 e. The third-order valence-electron chi connectivity index (χ3n) is 2.62. The van der Waals surface area contributed by atoms with Crippen molar-refractivity contribution >= 4 is 21.4 Å². The summed E-state index contributed by atoms with van der Waals surface area (Å²) in [7, 11) is 5.54. The average molecular weight is 430 g/mol. The second-order valence-corrected chi connectivity index (χ2v) is 4.78. The fraction of sp³-hybridized carbons (Fsp3) is 0.0714. The van der Waals surface area contributed by atoms with Crippen molar-refractivity contribution in [2.45, 2.75) is 6.42 Å². The van der Waals surface area contributed by atoms with E-state index in [1.165, 1.54) is 9.38 Å². The number of nitrogens with zero attached hydrogens (tertiary/aromatic N) is 2. The minimum absolute atomic E-state index is 0. The smallest absolute Gasteiger partial charge is 0.100 e. The van der Waals surface area contributed by atoms with Gasteiger partial charge in [-0.25, -0.2) is 16.4 Å². The van der Waals surface area contributed by atoms with Gasteiger partial charge in [-0.1, -0.05) is 24.6 Å². The summed E-state index contributed by atoms with van der Waals surface area (Å²) in [6.45, 7) is 5.71. The fourth-order valence-corrected chi connectivity index (χ4v) is 2.82. The Morgan fingerprint density at radius 1 is 1.33 bits per heavy atom. The molecule has 0 N–H and O–H groups in total. The first-order valence-corrected chi connectivity index (χ1v) is 6.04. The largest absolute Gasteiger partial charge is 0.274 e. The van der Waals surface area contributed by atoms with Crippen molar-refractivity contribution in [3.05, 3.63) is 56.1 Å². The van der Waals surface area contributed by atoms with Gasteiger partial charge in [-0.05, 0) is 16.5 Å². The van der Waals surface area contributed by atoms with Crippen molar-refractivity contribution in [3.63, 3.8) is 0 Å². The number of rotatable bonds is 2. The van der Waals surface area contributed by atoms with Crippen LogP contribution in [0.15, 0.2) is 30.5 Å². The molecule has 0 saturated heterocycles. The molecule has 1 aromatic carbocycles. The standard InChI is InChI=1S/C14H9N2S.Ir/c1-3-10-5-4-6-13-11(10)9-14(17-13)12-7-8-16(2)15-12;/h1-2,4-8H,3H2;/q-1;. The van der Waals surface area contributed by atoms with Crippen molar-refractivity contribution in [2.24, 2.45) is 0 Å². The van der Waals surface area contributed by atoms with Gasteiger partial charge in [0, 0.05) is 32.0 Å². The average Bonchev–Trinajstić information content (AvgIpc) is 2.93. The molecule has 2 nitrogen and oxygen atoms in total. The summed E-state index contributed by atoms with van der Waals surface area (Å²) in [5.74, 6) is 0. The third kappa shape index (κ3) is 2.28. The van der Waals surface area contributed by atoms with Gasteiger partial charge in [0.2, 0.25) is 0 Å². The number of fused-ring (bicyclic) bond motifs is 1. The van der Waals surface area contributed by atoms with Crippen LogP contribution in [0.3, 0.4) is 0 Å². The number of hydrogen-bond acceptors (Lipinski definition) is 2. The minimum atomic E-state index is 0. The first kappa shape index (κ1) is 13.5. The van der Waals surface area contributed by atoms with E-state index in [1.807, 2.05) is 18.2 Å². The molecule has 0 aliphatic heterocycles. The van der Waals surface area contributed by atoms with E-state index in [4.69, 9.17) is 14.0 Å². The van der Waals surface area contributed by atoms with Crippen LogP contribution in [0.4, 0.5) is 0 Å². The van der Waals surface area contributed by atoms with Gasteiger partial charge in [-0.2, -0.15) is 0 Å². The Kier molecular flexibility index (Phi) is 4.00. The summed E-state index contributed by atoms with van der Waals surface area (Å²) in [6.07, 6.45) is 2.24. The number of thiophene rings is 1. The van der Waals surface area contributed by atoms with E-state index in [9.17, 15) is 0 Å². The van der Waals surface area contributed by atoms with Crippen LogP contribution in [-0.2, 0) is 26.5 Å². The second kappa shape index (κ2) is 5.35. The molecule has 91 valence electrons. The maximum Gasteiger partial charge on any atom is 0.100 e. The van der Waals surface area contributed by atoms with Crippen LogP contribution >= 0.6 is 11.3 Å². The van der Waals surface area contributed by atoms with Crippen molar-refractivity contribution in [3.8, 4) is 10.6 Å². The fourth-order valence-electron chi connectivity index (χ4n) is 1.80. The zero-order valence-electron chi connectivity index (χ0n) is 9.38. The molecule has 2 heterocycles. The molecule has 0 fully saturated rings. The molecule has 0 bridgehead atoms. The predicted octanol–water partition coefficient (Wildman–Crippen LogP) is 3.33. The molecule has 5 radical (unpaired) electrons. The number of aromatic nitrogens is 2. The van der Waals surface area contributed by atoms with Gasteiger partial charge in [0.1, 0.15) is 7.05 Å². The SMILES string of the molecule is [CH]Cc1cccc2sc(-c3ccn([CH])n3)[c-]c12.[Ir]. The van der Waals surface area contributed by atoms with Gasteiger partial charge >= 0.3 is 0 Å². The van der Waals surface area contributed by atoms with Gasteiger partial charge in [0.25, 0.3) is 0 Å². The Hall–Kier alpha value is -0.961. The number of hydrogen-bond donors (Lipinski definition) is 0. The summed E-state index contributed by atoms with van der Waals surface area (Å²) in [4.78, 5) is 0.991. The van der Waals surface area contributed by atoms with Crippen molar-refractivity contribution in [1.82, 2.24) is 9.78 Å². The summed E-state index contributed by atoms with van der Waals surface area (Å²) in [5, 5.41) is 5.26. The zero-order valence-corrected chi connectivity index (χ0v) is 12.6. The van der Waals surface area contributed by atoms with Crippen molar-refractivity contribution < 1.29 is 20.1 Å². The van der Waals surface area contributed by atoms with Crippen LogP contribution in [0, 0.1) is 20.0 Å². The molecular formula is C14H9IrN2S-. The summed E-state index contributed by atoms with van der Waals surface area (Å²) < 4.78 is 2.48. The van der Waals surface area contributed by atoms with E-state index in [-0.39, 0.29) is 20.1 Å². The molecule has 0 spiro atoms. The van der Waals surface area contributed by atoms with Gasteiger partial charge in [-0.3, -0.25) is 4.68 Å². The second-order valence-electron chi connectivity index (χ2n) is 3.73. The van der Waals surface area contributed by atoms with Gasteiger partial charge in [0.15, 0.2) is 0 Å². The van der Waals surface area contributed by atoms with Crippen molar-refractivity contribution in [2.75, 3.05) is 0 Å². The predicted molar refractivity (Wildman–Crippen MR) is 69.6 cm³/mol. The Morgan fingerprint density at radius 2 is 2.17 bits per heavy atom. The maximum atomic E-state index is 5.71. The normalized spacial score (nSPS) is 10.6. The molecule has 18 heavy (non-hydrogen) atoms. The van der Waals surface area contributed by atoms with E-state index < -0.39 is 0 Å². The van der Waals surface area contributed by atoms with Gasteiger partial charge in [-0.15, -0.1) is 23.1 Å². The summed E-state index contributed by atoms with van der Waals surface area (Å²) in [6, 6.07) is 11.3. The van der Waals surface area contributed by atoms with E-state index in [0.29, 0.717) is 6.42 Å². The van der Waals surface area contributed by atoms with Gasteiger partial charge in [0.05, 0.1) is 0 Å². The number of benzene rings is 1. The van der Waals surface area contributed by atoms with Crippen LogP contribution in [0.5, 0.6) is 0 Å². The molecule has 2 aromatic heterocycles. The Labute approximate surface area is 124 Å².